The summed E-state index contributed by atoms with van der Waals surface area (Å²) in [5.41, 5.74) is 24.2. The van der Waals surface area contributed by atoms with Crippen LogP contribution in [0, 0.1) is 55.4 Å². The maximum absolute atomic E-state index is 2.43. The van der Waals surface area contributed by atoms with Crippen molar-refractivity contribution in [2.75, 3.05) is 0 Å². The Morgan fingerprint density at radius 3 is 0.543 bits per heavy atom. The van der Waals surface area contributed by atoms with Gasteiger partial charge in [0.1, 0.15) is 0 Å². The van der Waals surface area contributed by atoms with Gasteiger partial charge in [-0.25, -0.2) is 0 Å². The Balaban J connectivity index is 2.35. The van der Waals surface area contributed by atoms with Gasteiger partial charge in [0.2, 0.25) is 0 Å². The second-order valence-corrected chi connectivity index (χ2v) is 15.8. The molecule has 0 aliphatic rings. The van der Waals surface area contributed by atoms with Crippen LogP contribution in [0.25, 0.3) is 44.5 Å². The van der Waals surface area contributed by atoms with Gasteiger partial charge in [-0.2, -0.15) is 0 Å². The Bertz CT molecular complexity index is 1610. The van der Waals surface area contributed by atoms with Crippen LogP contribution in [0.3, 0.4) is 0 Å². The van der Waals surface area contributed by atoms with Crippen molar-refractivity contribution in [1.29, 1.82) is 0 Å². The van der Waals surface area contributed by atoms with Crippen LogP contribution in [0.4, 0.5) is 0 Å². The summed E-state index contributed by atoms with van der Waals surface area (Å²) >= 11 is 0. The third-order valence-electron chi connectivity index (χ3n) is 9.92. The summed E-state index contributed by atoms with van der Waals surface area (Å²) in [6, 6.07) is 27.3. The van der Waals surface area contributed by atoms with Crippen LogP contribution in [0.15, 0.2) is 72.8 Å². The summed E-state index contributed by atoms with van der Waals surface area (Å²) < 4.78 is 0. The Hall–Kier alpha value is -3.90. The molecule has 0 unspecified atom stereocenters. The Kier molecular flexibility index (Phi) is 8.76. The molecule has 0 spiro atoms. The quantitative estimate of drug-likeness (QED) is 0.191. The van der Waals surface area contributed by atoms with Gasteiger partial charge in [0.15, 0.2) is 0 Å². The summed E-state index contributed by atoms with van der Waals surface area (Å²) in [6.45, 7) is 33.0. The lowest BCUT2D eigenvalue weighted by atomic mass is 9.64. The molecule has 0 radical (unpaired) electrons. The molecule has 5 rings (SSSR count). The molecule has 0 aromatic heterocycles. The maximum atomic E-state index is 2.43. The maximum Gasteiger partial charge on any atom is -0.00528 e. The lowest BCUT2D eigenvalue weighted by molar-refractivity contribution is 0.582. The Morgan fingerprint density at radius 2 is 0.413 bits per heavy atom. The average molecular weight is 607 g/mol. The Morgan fingerprint density at radius 1 is 0.261 bits per heavy atom. The number of benzene rings is 5. The minimum Gasteiger partial charge on any atom is -0.0617 e. The molecule has 5 aromatic rings. The summed E-state index contributed by atoms with van der Waals surface area (Å²) in [6.07, 6.45) is 0. The zero-order valence-corrected chi connectivity index (χ0v) is 30.9. The zero-order valence-electron chi connectivity index (χ0n) is 30.9. The van der Waals surface area contributed by atoms with Crippen molar-refractivity contribution < 1.29 is 0 Å². The molecule has 0 N–H and O–H groups in total. The SMILES string of the molecule is Cc1cccc(C)c1-c1c(-c2c(C)cccc2C)c(C(C)(C)C)c(-c2c(C)cccc2C)c(-c2c(C)cccc2C)c1C(C)(C)C. The third-order valence-corrected chi connectivity index (χ3v) is 9.92. The fraction of sp³-hybridized carbons (Fsp3) is 0.348. The van der Waals surface area contributed by atoms with Gasteiger partial charge < -0.3 is 0 Å². The van der Waals surface area contributed by atoms with Crippen LogP contribution in [0.1, 0.15) is 97.2 Å². The van der Waals surface area contributed by atoms with Gasteiger partial charge in [-0.05, 0) is 166 Å². The minimum absolute atomic E-state index is 0.165. The molecule has 0 amide bonds. The largest absolute Gasteiger partial charge is 0.0617 e. The molecule has 0 fully saturated rings. The van der Waals surface area contributed by atoms with E-state index in [-0.39, 0.29) is 10.8 Å². The first kappa shape index (κ1) is 33.5. The first-order valence-corrected chi connectivity index (χ1v) is 17.0. The van der Waals surface area contributed by atoms with E-state index in [2.05, 4.69) is 170 Å². The van der Waals surface area contributed by atoms with Crippen molar-refractivity contribution in [1.82, 2.24) is 0 Å². The van der Waals surface area contributed by atoms with Crippen molar-refractivity contribution in [3.63, 3.8) is 0 Å². The summed E-state index contributed by atoms with van der Waals surface area (Å²) in [5.74, 6) is 0. The van der Waals surface area contributed by atoms with Crippen molar-refractivity contribution in [3.05, 3.63) is 128 Å². The smallest absolute Gasteiger partial charge is 0.00528 e. The van der Waals surface area contributed by atoms with Crippen LogP contribution in [-0.2, 0) is 10.8 Å². The van der Waals surface area contributed by atoms with Crippen molar-refractivity contribution in [2.24, 2.45) is 0 Å². The Labute approximate surface area is 279 Å². The molecule has 0 aliphatic heterocycles. The fourth-order valence-corrected chi connectivity index (χ4v) is 8.09. The normalized spacial score (nSPS) is 12.1. The van der Waals surface area contributed by atoms with Gasteiger partial charge in [-0.3, -0.25) is 0 Å². The molecule has 238 valence electrons. The highest BCUT2D eigenvalue weighted by atomic mass is 14.4. The van der Waals surface area contributed by atoms with Gasteiger partial charge >= 0.3 is 0 Å². The topological polar surface area (TPSA) is 0 Å². The van der Waals surface area contributed by atoms with E-state index < -0.39 is 0 Å². The van der Waals surface area contributed by atoms with E-state index in [0.29, 0.717) is 0 Å². The van der Waals surface area contributed by atoms with E-state index in [1.165, 1.54) is 100 Å². The van der Waals surface area contributed by atoms with E-state index in [0.717, 1.165) is 0 Å². The van der Waals surface area contributed by atoms with E-state index in [1.54, 1.807) is 0 Å². The van der Waals surface area contributed by atoms with Gasteiger partial charge in [0.25, 0.3) is 0 Å². The molecule has 46 heavy (non-hydrogen) atoms. The molecule has 0 atom stereocenters. The molecule has 0 saturated heterocycles. The number of rotatable bonds is 4. The van der Waals surface area contributed by atoms with E-state index in [4.69, 9.17) is 0 Å². The van der Waals surface area contributed by atoms with Crippen LogP contribution in [0.2, 0.25) is 0 Å². The van der Waals surface area contributed by atoms with Crippen LogP contribution >= 0.6 is 0 Å². The molecule has 0 heterocycles. The second kappa shape index (κ2) is 12.0. The van der Waals surface area contributed by atoms with E-state index in [1.807, 2.05) is 0 Å². The number of hydrogen-bond donors (Lipinski definition) is 0. The highest BCUT2D eigenvalue weighted by Crippen LogP contribution is 2.58. The standard InChI is InChI=1S/C46H54/c1-27-19-15-20-28(2)35(27)39-40(36-29(3)21-16-22-30(36)4)44(46(12,13)14)42(38-33(7)25-18-26-34(38)8)41(43(39)45(9,10)11)37-31(5)23-17-24-32(37)6/h15-26H,1-14H3. The molecule has 0 nitrogen and oxygen atoms in total. The summed E-state index contributed by atoms with van der Waals surface area (Å²) in [7, 11) is 0. The van der Waals surface area contributed by atoms with Gasteiger partial charge in [0.05, 0.1) is 0 Å². The lowest BCUT2D eigenvalue weighted by Gasteiger charge is -2.39. The predicted octanol–water partition coefficient (Wildman–Crippen LogP) is 13.4. The summed E-state index contributed by atoms with van der Waals surface area (Å²) in [5, 5.41) is 0. The first-order valence-electron chi connectivity index (χ1n) is 17.0. The number of aryl methyl sites for hydroxylation is 8. The van der Waals surface area contributed by atoms with Gasteiger partial charge in [-0.1, -0.05) is 114 Å². The van der Waals surface area contributed by atoms with Crippen LogP contribution in [-0.4, -0.2) is 0 Å². The zero-order chi connectivity index (χ0) is 33.9. The third kappa shape index (κ3) is 5.66. The lowest BCUT2D eigenvalue weighted by Crippen LogP contribution is -2.23. The van der Waals surface area contributed by atoms with Gasteiger partial charge in [-0.15, -0.1) is 0 Å². The number of hydrogen-bond acceptors (Lipinski definition) is 0. The van der Waals surface area contributed by atoms with Crippen LogP contribution < -0.4 is 0 Å². The van der Waals surface area contributed by atoms with E-state index >= 15 is 0 Å². The molecule has 0 saturated carbocycles. The van der Waals surface area contributed by atoms with Crippen LogP contribution in [0.5, 0.6) is 0 Å². The van der Waals surface area contributed by atoms with Gasteiger partial charge in [0, 0.05) is 0 Å². The highest BCUT2D eigenvalue weighted by molar-refractivity contribution is 6.05. The summed E-state index contributed by atoms with van der Waals surface area (Å²) in [4.78, 5) is 0. The monoisotopic (exact) mass is 606 g/mol. The minimum atomic E-state index is -0.165. The van der Waals surface area contributed by atoms with E-state index in [9.17, 15) is 0 Å². The highest BCUT2D eigenvalue weighted by Gasteiger charge is 2.38. The molecule has 0 aliphatic carbocycles. The molecular weight excluding hydrogens is 553 g/mol. The predicted molar refractivity (Wildman–Crippen MR) is 203 cm³/mol. The van der Waals surface area contributed by atoms with Crippen molar-refractivity contribution in [3.8, 4) is 44.5 Å². The molecular formula is C46H54. The van der Waals surface area contributed by atoms with Crippen molar-refractivity contribution >= 4 is 0 Å². The average Bonchev–Trinajstić information content (AvgIpc) is 2.92. The fourth-order valence-electron chi connectivity index (χ4n) is 8.09. The molecule has 0 heteroatoms. The molecule has 5 aromatic carbocycles. The first-order chi connectivity index (χ1) is 21.5. The second-order valence-electron chi connectivity index (χ2n) is 15.8. The molecule has 0 bridgehead atoms. The van der Waals surface area contributed by atoms with Crippen molar-refractivity contribution in [2.45, 2.75) is 108 Å².